The first-order valence-corrected chi connectivity index (χ1v) is 7.85. The Morgan fingerprint density at radius 2 is 2.15 bits per heavy atom. The first-order valence-electron chi connectivity index (χ1n) is 6.04. The molecular formula is C12H17Cl2FN2O2S. The highest BCUT2D eigenvalue weighted by atomic mass is 35.5. The average molecular weight is 343 g/mol. The SMILES string of the molecule is CC1CC(CN)CN1S(=O)(=O)c1cccc(Cl)c1F.Cl. The van der Waals surface area contributed by atoms with Crippen molar-refractivity contribution in [3.8, 4) is 0 Å². The largest absolute Gasteiger partial charge is 0.330 e. The summed E-state index contributed by atoms with van der Waals surface area (Å²) in [6, 6.07) is 3.81. The van der Waals surface area contributed by atoms with Crippen molar-refractivity contribution in [1.82, 2.24) is 4.31 Å². The van der Waals surface area contributed by atoms with E-state index in [9.17, 15) is 12.8 Å². The van der Waals surface area contributed by atoms with Gasteiger partial charge >= 0.3 is 0 Å². The van der Waals surface area contributed by atoms with Crippen LogP contribution in [-0.4, -0.2) is 31.9 Å². The zero-order valence-corrected chi connectivity index (χ0v) is 13.3. The minimum atomic E-state index is -3.87. The molecule has 0 bridgehead atoms. The second-order valence-electron chi connectivity index (χ2n) is 4.81. The number of nitrogens with two attached hydrogens (primary N) is 1. The lowest BCUT2D eigenvalue weighted by Crippen LogP contribution is -2.35. The number of hydrogen-bond donors (Lipinski definition) is 1. The summed E-state index contributed by atoms with van der Waals surface area (Å²) in [4.78, 5) is -0.371. The third kappa shape index (κ3) is 3.09. The van der Waals surface area contributed by atoms with E-state index in [1.807, 2.05) is 0 Å². The molecule has 20 heavy (non-hydrogen) atoms. The van der Waals surface area contributed by atoms with Gasteiger partial charge in [0.15, 0.2) is 5.82 Å². The predicted molar refractivity (Wildman–Crippen MR) is 79.2 cm³/mol. The van der Waals surface area contributed by atoms with E-state index in [2.05, 4.69) is 0 Å². The normalized spacial score (nSPS) is 23.6. The molecule has 0 amide bonds. The first-order chi connectivity index (χ1) is 8.87. The molecule has 2 atom stereocenters. The second-order valence-corrected chi connectivity index (χ2v) is 7.08. The second kappa shape index (κ2) is 6.58. The van der Waals surface area contributed by atoms with Gasteiger partial charge in [-0.25, -0.2) is 12.8 Å². The zero-order valence-electron chi connectivity index (χ0n) is 10.9. The van der Waals surface area contributed by atoms with E-state index in [4.69, 9.17) is 17.3 Å². The third-order valence-electron chi connectivity index (χ3n) is 3.44. The average Bonchev–Trinajstić information content (AvgIpc) is 2.74. The van der Waals surface area contributed by atoms with Gasteiger partial charge in [0.2, 0.25) is 10.0 Å². The van der Waals surface area contributed by atoms with Crippen molar-refractivity contribution in [2.75, 3.05) is 13.1 Å². The van der Waals surface area contributed by atoms with E-state index in [0.29, 0.717) is 19.5 Å². The van der Waals surface area contributed by atoms with Crippen molar-refractivity contribution in [3.05, 3.63) is 29.0 Å². The van der Waals surface area contributed by atoms with Gasteiger partial charge in [-0.15, -0.1) is 12.4 Å². The van der Waals surface area contributed by atoms with Crippen LogP contribution in [0, 0.1) is 11.7 Å². The lowest BCUT2D eigenvalue weighted by Gasteiger charge is -2.21. The highest BCUT2D eigenvalue weighted by Gasteiger charge is 2.38. The molecule has 2 rings (SSSR count). The number of sulfonamides is 1. The van der Waals surface area contributed by atoms with E-state index < -0.39 is 15.8 Å². The van der Waals surface area contributed by atoms with E-state index in [0.717, 1.165) is 0 Å². The first kappa shape index (κ1) is 17.7. The molecular weight excluding hydrogens is 326 g/mol. The lowest BCUT2D eigenvalue weighted by atomic mass is 10.1. The maximum Gasteiger partial charge on any atom is 0.246 e. The van der Waals surface area contributed by atoms with Crippen LogP contribution in [0.2, 0.25) is 5.02 Å². The van der Waals surface area contributed by atoms with Gasteiger partial charge in [-0.3, -0.25) is 0 Å². The van der Waals surface area contributed by atoms with Crippen molar-refractivity contribution < 1.29 is 12.8 Å². The van der Waals surface area contributed by atoms with Crippen LogP contribution in [0.3, 0.4) is 0 Å². The smallest absolute Gasteiger partial charge is 0.246 e. The Kier molecular flexibility index (Phi) is 5.80. The minimum absolute atomic E-state index is 0. The molecule has 0 saturated carbocycles. The molecule has 2 unspecified atom stereocenters. The summed E-state index contributed by atoms with van der Waals surface area (Å²) in [6.45, 7) is 2.55. The fourth-order valence-electron chi connectivity index (χ4n) is 2.42. The number of halogens is 3. The molecule has 1 aliphatic rings. The molecule has 1 aromatic rings. The molecule has 1 aliphatic heterocycles. The number of nitrogens with zero attached hydrogens (tertiary/aromatic N) is 1. The van der Waals surface area contributed by atoms with Gasteiger partial charge in [0.05, 0.1) is 5.02 Å². The predicted octanol–water partition coefficient (Wildman–Crippen LogP) is 2.26. The Hall–Kier alpha value is -0.400. The fourth-order valence-corrected chi connectivity index (χ4v) is 4.46. The summed E-state index contributed by atoms with van der Waals surface area (Å²) in [5.74, 6) is -0.778. The highest BCUT2D eigenvalue weighted by molar-refractivity contribution is 7.89. The topological polar surface area (TPSA) is 63.4 Å². The van der Waals surface area contributed by atoms with Crippen LogP contribution in [0.1, 0.15) is 13.3 Å². The molecule has 1 saturated heterocycles. The summed E-state index contributed by atoms with van der Waals surface area (Å²) in [5.41, 5.74) is 5.58. The molecule has 2 N–H and O–H groups in total. The Bertz CT molecular complexity index is 583. The Balaban J connectivity index is 0.00000200. The van der Waals surface area contributed by atoms with Gasteiger partial charge in [-0.2, -0.15) is 4.31 Å². The molecule has 1 fully saturated rings. The number of hydrogen-bond acceptors (Lipinski definition) is 3. The maximum atomic E-state index is 13.9. The highest BCUT2D eigenvalue weighted by Crippen LogP contribution is 2.31. The fraction of sp³-hybridized carbons (Fsp3) is 0.500. The van der Waals surface area contributed by atoms with Crippen molar-refractivity contribution in [1.29, 1.82) is 0 Å². The van der Waals surface area contributed by atoms with Crippen LogP contribution < -0.4 is 5.73 Å². The van der Waals surface area contributed by atoms with Crippen molar-refractivity contribution in [2.45, 2.75) is 24.3 Å². The molecule has 0 aliphatic carbocycles. The molecule has 0 aromatic heterocycles. The molecule has 1 aromatic carbocycles. The summed E-state index contributed by atoms with van der Waals surface area (Å²) in [7, 11) is -3.87. The van der Waals surface area contributed by atoms with Gasteiger partial charge in [0, 0.05) is 12.6 Å². The monoisotopic (exact) mass is 342 g/mol. The van der Waals surface area contributed by atoms with Gasteiger partial charge in [-0.05, 0) is 37.9 Å². The summed E-state index contributed by atoms with van der Waals surface area (Å²) in [6.07, 6.45) is 0.692. The van der Waals surface area contributed by atoms with Crippen LogP contribution in [0.25, 0.3) is 0 Å². The molecule has 0 spiro atoms. The molecule has 8 heteroatoms. The number of rotatable bonds is 3. The minimum Gasteiger partial charge on any atom is -0.330 e. The van der Waals surface area contributed by atoms with Gasteiger partial charge in [0.25, 0.3) is 0 Å². The van der Waals surface area contributed by atoms with Crippen LogP contribution in [-0.2, 0) is 10.0 Å². The third-order valence-corrected chi connectivity index (χ3v) is 5.73. The van der Waals surface area contributed by atoms with Crippen molar-refractivity contribution >= 4 is 34.0 Å². The van der Waals surface area contributed by atoms with Crippen LogP contribution in [0.5, 0.6) is 0 Å². The van der Waals surface area contributed by atoms with E-state index in [1.54, 1.807) is 6.92 Å². The van der Waals surface area contributed by atoms with Gasteiger partial charge in [-0.1, -0.05) is 17.7 Å². The summed E-state index contributed by atoms with van der Waals surface area (Å²) >= 11 is 5.64. The lowest BCUT2D eigenvalue weighted by molar-refractivity contribution is 0.401. The Morgan fingerprint density at radius 3 is 2.70 bits per heavy atom. The van der Waals surface area contributed by atoms with Gasteiger partial charge in [0.1, 0.15) is 4.90 Å². The van der Waals surface area contributed by atoms with Crippen LogP contribution in [0.15, 0.2) is 23.1 Å². The van der Waals surface area contributed by atoms with Crippen molar-refractivity contribution in [3.63, 3.8) is 0 Å². The van der Waals surface area contributed by atoms with Crippen LogP contribution >= 0.6 is 24.0 Å². The Labute approximate surface area is 129 Å². The maximum absolute atomic E-state index is 13.9. The molecule has 0 radical (unpaired) electrons. The summed E-state index contributed by atoms with van der Waals surface area (Å²) < 4.78 is 40.1. The van der Waals surface area contributed by atoms with E-state index in [-0.39, 0.29) is 34.3 Å². The molecule has 114 valence electrons. The standard InChI is InChI=1S/C12H16ClFN2O2S.ClH/c1-8-5-9(6-15)7-16(8)19(17,18)11-4-2-3-10(13)12(11)14;/h2-4,8-9H,5-7,15H2,1H3;1H. The Morgan fingerprint density at radius 1 is 1.50 bits per heavy atom. The summed E-state index contributed by atoms with van der Waals surface area (Å²) in [5, 5.41) is -0.191. The molecule has 1 heterocycles. The van der Waals surface area contributed by atoms with E-state index in [1.165, 1.54) is 22.5 Å². The number of benzene rings is 1. The quantitative estimate of drug-likeness (QED) is 0.916. The van der Waals surface area contributed by atoms with Crippen LogP contribution in [0.4, 0.5) is 4.39 Å². The van der Waals surface area contributed by atoms with Gasteiger partial charge < -0.3 is 5.73 Å². The van der Waals surface area contributed by atoms with Crippen molar-refractivity contribution in [2.24, 2.45) is 11.7 Å². The van der Waals surface area contributed by atoms with E-state index >= 15 is 0 Å². The zero-order chi connectivity index (χ0) is 14.2. The molecule has 4 nitrogen and oxygen atoms in total.